The van der Waals surface area contributed by atoms with Crippen molar-refractivity contribution in [3.05, 3.63) is 71.6 Å². The van der Waals surface area contributed by atoms with E-state index in [9.17, 15) is 14.0 Å². The number of nitrogens with two attached hydrogens (primary N) is 1. The minimum atomic E-state index is -0.544. The van der Waals surface area contributed by atoms with Crippen LogP contribution in [0, 0.1) is 5.82 Å². The first-order valence-corrected chi connectivity index (χ1v) is 8.20. The van der Waals surface area contributed by atoms with Gasteiger partial charge in [-0.2, -0.15) is 0 Å². The highest BCUT2D eigenvalue weighted by Crippen LogP contribution is 2.14. The van der Waals surface area contributed by atoms with E-state index in [0.29, 0.717) is 18.8 Å². The fourth-order valence-electron chi connectivity index (χ4n) is 2.30. The van der Waals surface area contributed by atoms with E-state index in [0.717, 1.165) is 11.1 Å². The van der Waals surface area contributed by atoms with Gasteiger partial charge in [-0.25, -0.2) is 4.39 Å². The van der Waals surface area contributed by atoms with E-state index in [2.05, 4.69) is 0 Å². The third-order valence-corrected chi connectivity index (χ3v) is 3.64. The van der Waals surface area contributed by atoms with Crippen molar-refractivity contribution in [1.82, 2.24) is 4.90 Å². The average Bonchev–Trinajstić information content (AvgIpc) is 2.63. The smallest absolute Gasteiger partial charge is 0.255 e. The highest BCUT2D eigenvalue weighted by Gasteiger charge is 2.09. The summed E-state index contributed by atoms with van der Waals surface area (Å²) in [5.74, 6) is -0.503. The number of benzene rings is 2. The highest BCUT2D eigenvalue weighted by molar-refractivity contribution is 5.91. The van der Waals surface area contributed by atoms with Crippen LogP contribution in [0.1, 0.15) is 18.1 Å². The molecule has 0 fully saturated rings. The van der Waals surface area contributed by atoms with Gasteiger partial charge in [-0.15, -0.1) is 0 Å². The molecule has 0 saturated heterocycles. The van der Waals surface area contributed by atoms with Crippen LogP contribution in [0.4, 0.5) is 4.39 Å². The molecule has 0 aliphatic rings. The summed E-state index contributed by atoms with van der Waals surface area (Å²) in [4.78, 5) is 24.7. The standard InChI is InChI=1S/C20H21FN2O3/c1-2-23(13-16-4-3-5-17(21)12-16)20(25)11-8-15-6-9-18(10-7-15)26-14-19(22)24/h3-12H,2,13-14H2,1H3,(H2,22,24)/b11-8+. The van der Waals surface area contributed by atoms with Crippen LogP contribution in [0.3, 0.4) is 0 Å². The molecule has 2 aromatic rings. The Morgan fingerprint density at radius 1 is 1.19 bits per heavy atom. The summed E-state index contributed by atoms with van der Waals surface area (Å²) in [5, 5.41) is 0. The van der Waals surface area contributed by atoms with Crippen molar-refractivity contribution >= 4 is 17.9 Å². The second-order valence-corrected chi connectivity index (χ2v) is 5.64. The molecular formula is C20H21FN2O3. The van der Waals surface area contributed by atoms with Gasteiger partial charge in [-0.3, -0.25) is 9.59 Å². The summed E-state index contributed by atoms with van der Waals surface area (Å²) in [6.45, 7) is 2.55. The second-order valence-electron chi connectivity index (χ2n) is 5.64. The predicted octanol–water partition coefficient (Wildman–Crippen LogP) is 2.75. The maximum atomic E-state index is 13.3. The van der Waals surface area contributed by atoms with Crippen LogP contribution in [0.2, 0.25) is 0 Å². The normalized spacial score (nSPS) is 10.7. The van der Waals surface area contributed by atoms with Crippen LogP contribution in [-0.4, -0.2) is 29.9 Å². The van der Waals surface area contributed by atoms with Gasteiger partial charge in [0.2, 0.25) is 5.91 Å². The summed E-state index contributed by atoms with van der Waals surface area (Å²) in [6.07, 6.45) is 3.16. The SMILES string of the molecule is CCN(Cc1cccc(F)c1)C(=O)/C=C/c1ccc(OCC(N)=O)cc1. The van der Waals surface area contributed by atoms with Crippen LogP contribution >= 0.6 is 0 Å². The molecule has 0 heterocycles. The first-order chi connectivity index (χ1) is 12.5. The first kappa shape index (κ1) is 19.2. The molecule has 136 valence electrons. The number of hydrogen-bond donors (Lipinski definition) is 1. The van der Waals surface area contributed by atoms with Gasteiger partial charge < -0.3 is 15.4 Å². The minimum Gasteiger partial charge on any atom is -0.484 e. The maximum absolute atomic E-state index is 13.3. The summed E-state index contributed by atoms with van der Waals surface area (Å²) in [5.41, 5.74) is 6.57. The zero-order valence-corrected chi connectivity index (χ0v) is 14.5. The van der Waals surface area contributed by atoms with E-state index in [1.54, 1.807) is 47.4 Å². The van der Waals surface area contributed by atoms with Gasteiger partial charge in [0.1, 0.15) is 11.6 Å². The van der Waals surface area contributed by atoms with E-state index in [1.165, 1.54) is 18.2 Å². The van der Waals surface area contributed by atoms with Crippen molar-refractivity contribution in [2.45, 2.75) is 13.5 Å². The molecule has 0 bridgehead atoms. The summed E-state index contributed by atoms with van der Waals surface area (Å²) in [7, 11) is 0. The van der Waals surface area contributed by atoms with Crippen molar-refractivity contribution in [1.29, 1.82) is 0 Å². The lowest BCUT2D eigenvalue weighted by Gasteiger charge is -2.19. The fraction of sp³-hybridized carbons (Fsp3) is 0.200. The Morgan fingerprint density at radius 3 is 2.54 bits per heavy atom. The van der Waals surface area contributed by atoms with Gasteiger partial charge in [0, 0.05) is 19.2 Å². The lowest BCUT2D eigenvalue weighted by atomic mass is 10.2. The van der Waals surface area contributed by atoms with Crippen molar-refractivity contribution in [2.75, 3.05) is 13.2 Å². The maximum Gasteiger partial charge on any atom is 0.255 e. The lowest BCUT2D eigenvalue weighted by Crippen LogP contribution is -2.28. The van der Waals surface area contributed by atoms with Crippen molar-refractivity contribution in [3.63, 3.8) is 0 Å². The van der Waals surface area contributed by atoms with Crippen LogP contribution in [0.25, 0.3) is 6.08 Å². The quantitative estimate of drug-likeness (QED) is 0.739. The molecule has 6 heteroatoms. The fourth-order valence-corrected chi connectivity index (χ4v) is 2.30. The van der Waals surface area contributed by atoms with E-state index >= 15 is 0 Å². The number of hydrogen-bond acceptors (Lipinski definition) is 3. The van der Waals surface area contributed by atoms with Crippen LogP contribution in [-0.2, 0) is 16.1 Å². The topological polar surface area (TPSA) is 72.6 Å². The number of halogens is 1. The number of likely N-dealkylation sites (N-methyl/N-ethyl adjacent to an activating group) is 1. The molecule has 2 aromatic carbocycles. The molecule has 0 aliphatic heterocycles. The number of carbonyl (C=O) groups is 2. The van der Waals surface area contributed by atoms with Crippen LogP contribution < -0.4 is 10.5 Å². The molecule has 2 N–H and O–H groups in total. The van der Waals surface area contributed by atoms with E-state index < -0.39 is 5.91 Å². The Kier molecular flexibility index (Phi) is 6.91. The van der Waals surface area contributed by atoms with Crippen LogP contribution in [0.5, 0.6) is 5.75 Å². The predicted molar refractivity (Wildman–Crippen MR) is 97.7 cm³/mol. The molecule has 0 unspecified atom stereocenters. The van der Waals surface area contributed by atoms with Gasteiger partial charge in [0.25, 0.3) is 5.91 Å². The molecule has 0 aliphatic carbocycles. The van der Waals surface area contributed by atoms with E-state index in [4.69, 9.17) is 10.5 Å². The van der Waals surface area contributed by atoms with Gasteiger partial charge in [0.05, 0.1) is 0 Å². The molecule has 2 rings (SSSR count). The first-order valence-electron chi connectivity index (χ1n) is 8.20. The van der Waals surface area contributed by atoms with Crippen molar-refractivity contribution in [3.8, 4) is 5.75 Å². The number of carbonyl (C=O) groups excluding carboxylic acids is 2. The Labute approximate surface area is 151 Å². The number of ether oxygens (including phenoxy) is 1. The molecule has 0 spiro atoms. The molecule has 26 heavy (non-hydrogen) atoms. The van der Waals surface area contributed by atoms with Gasteiger partial charge in [-0.05, 0) is 48.4 Å². The second kappa shape index (κ2) is 9.36. The van der Waals surface area contributed by atoms with Gasteiger partial charge in [-0.1, -0.05) is 24.3 Å². The Morgan fingerprint density at radius 2 is 1.92 bits per heavy atom. The summed E-state index contributed by atoms with van der Waals surface area (Å²) < 4.78 is 18.4. The molecule has 0 atom stereocenters. The Balaban J connectivity index is 1.96. The number of nitrogens with zero attached hydrogens (tertiary/aromatic N) is 1. The third kappa shape index (κ3) is 6.05. The van der Waals surface area contributed by atoms with E-state index in [1.807, 2.05) is 6.92 Å². The minimum absolute atomic E-state index is 0.161. The molecule has 2 amide bonds. The lowest BCUT2D eigenvalue weighted by molar-refractivity contribution is -0.126. The zero-order chi connectivity index (χ0) is 18.9. The zero-order valence-electron chi connectivity index (χ0n) is 14.5. The number of primary amides is 1. The molecule has 5 nitrogen and oxygen atoms in total. The molecule has 0 aromatic heterocycles. The molecule has 0 saturated carbocycles. The number of amides is 2. The van der Waals surface area contributed by atoms with Crippen LogP contribution in [0.15, 0.2) is 54.6 Å². The molecular weight excluding hydrogens is 335 g/mol. The third-order valence-electron chi connectivity index (χ3n) is 3.64. The largest absolute Gasteiger partial charge is 0.484 e. The van der Waals surface area contributed by atoms with Gasteiger partial charge in [0.15, 0.2) is 6.61 Å². The van der Waals surface area contributed by atoms with Crippen molar-refractivity contribution in [2.24, 2.45) is 5.73 Å². The highest BCUT2D eigenvalue weighted by atomic mass is 19.1. The average molecular weight is 356 g/mol. The Hall–Kier alpha value is -3.15. The summed E-state index contributed by atoms with van der Waals surface area (Å²) >= 11 is 0. The Bertz CT molecular complexity index is 788. The monoisotopic (exact) mass is 356 g/mol. The van der Waals surface area contributed by atoms with E-state index in [-0.39, 0.29) is 18.3 Å². The van der Waals surface area contributed by atoms with Crippen molar-refractivity contribution < 1.29 is 18.7 Å². The molecule has 0 radical (unpaired) electrons. The van der Waals surface area contributed by atoms with Gasteiger partial charge >= 0.3 is 0 Å². The number of rotatable bonds is 8. The summed E-state index contributed by atoms with van der Waals surface area (Å²) in [6, 6.07) is 13.1.